The number of aromatic nitrogens is 3. The second-order valence-electron chi connectivity index (χ2n) is 7.04. The van der Waals surface area contributed by atoms with Crippen molar-refractivity contribution in [1.29, 1.82) is 0 Å². The highest BCUT2D eigenvalue weighted by atomic mass is 16.5. The molecule has 2 aromatic carbocycles. The van der Waals surface area contributed by atoms with Gasteiger partial charge in [-0.25, -0.2) is 9.97 Å². The third-order valence-electron chi connectivity index (χ3n) is 4.77. The van der Waals surface area contributed by atoms with E-state index in [9.17, 15) is 10.2 Å². The van der Waals surface area contributed by atoms with Crippen molar-refractivity contribution in [2.75, 3.05) is 19.7 Å². The molecule has 0 unspecified atom stereocenters. The van der Waals surface area contributed by atoms with Crippen LogP contribution in [-0.4, -0.2) is 50.5 Å². The van der Waals surface area contributed by atoms with Crippen LogP contribution < -0.4 is 10.1 Å². The third kappa shape index (κ3) is 4.94. The van der Waals surface area contributed by atoms with E-state index in [-0.39, 0.29) is 12.4 Å². The van der Waals surface area contributed by atoms with Crippen molar-refractivity contribution in [1.82, 2.24) is 19.9 Å². The topological polar surface area (TPSA) is 92.4 Å². The average Bonchev–Trinajstić information content (AvgIpc) is 3.21. The molecular weight excluding hydrogens is 380 g/mol. The number of fused-ring (bicyclic) bond motifs is 1. The standard InChI is InChI=1S/C23H24N4O3/c28-19-7-9-21(10-8-19)30-15-20(29)14-24-13-11-17-3-5-18(6-4-17)27-16-26-22-2-1-12-25-23(22)27/h1-10,12,16,20,24,28-29H,11,13-15H2/t20-/m0/s1. The van der Waals surface area contributed by atoms with Crippen LogP contribution in [0.3, 0.4) is 0 Å². The van der Waals surface area contributed by atoms with E-state index in [1.165, 1.54) is 5.56 Å². The molecule has 154 valence electrons. The number of aliphatic hydroxyl groups excluding tert-OH is 1. The summed E-state index contributed by atoms with van der Waals surface area (Å²) in [7, 11) is 0. The second-order valence-corrected chi connectivity index (χ2v) is 7.04. The maximum Gasteiger partial charge on any atom is 0.164 e. The lowest BCUT2D eigenvalue weighted by atomic mass is 10.1. The van der Waals surface area contributed by atoms with Gasteiger partial charge in [0.1, 0.15) is 36.1 Å². The molecule has 2 aromatic heterocycles. The number of phenols is 1. The highest BCUT2D eigenvalue weighted by molar-refractivity contribution is 5.72. The van der Waals surface area contributed by atoms with Crippen molar-refractivity contribution in [2.45, 2.75) is 12.5 Å². The van der Waals surface area contributed by atoms with Crippen molar-refractivity contribution in [3.63, 3.8) is 0 Å². The Labute approximate surface area is 174 Å². The number of pyridine rings is 1. The van der Waals surface area contributed by atoms with Crippen LogP contribution in [0, 0.1) is 0 Å². The molecule has 0 aliphatic heterocycles. The van der Waals surface area contributed by atoms with E-state index < -0.39 is 6.10 Å². The van der Waals surface area contributed by atoms with Crippen LogP contribution in [0.5, 0.6) is 11.5 Å². The van der Waals surface area contributed by atoms with E-state index in [0.29, 0.717) is 12.3 Å². The number of rotatable bonds is 9. The Balaban J connectivity index is 1.21. The number of ether oxygens (including phenoxy) is 1. The van der Waals surface area contributed by atoms with Crippen molar-refractivity contribution in [3.05, 3.63) is 78.8 Å². The summed E-state index contributed by atoms with van der Waals surface area (Å²) in [5, 5.41) is 22.5. The first kappa shape index (κ1) is 19.9. The number of hydrogen-bond acceptors (Lipinski definition) is 6. The summed E-state index contributed by atoms with van der Waals surface area (Å²) in [4.78, 5) is 8.78. The van der Waals surface area contributed by atoms with E-state index >= 15 is 0 Å². The number of nitrogens with one attached hydrogen (secondary N) is 1. The van der Waals surface area contributed by atoms with E-state index in [0.717, 1.165) is 29.8 Å². The van der Waals surface area contributed by atoms with Crippen LogP contribution in [0.25, 0.3) is 16.9 Å². The number of hydrogen-bond donors (Lipinski definition) is 3. The van der Waals surface area contributed by atoms with Gasteiger partial charge in [-0.2, -0.15) is 0 Å². The van der Waals surface area contributed by atoms with Crippen LogP contribution >= 0.6 is 0 Å². The summed E-state index contributed by atoms with van der Waals surface area (Å²) in [6, 6.07) is 18.6. The molecule has 0 saturated carbocycles. The first-order chi connectivity index (χ1) is 14.7. The molecule has 0 aliphatic carbocycles. The van der Waals surface area contributed by atoms with Crippen LogP contribution in [0.4, 0.5) is 0 Å². The average molecular weight is 404 g/mol. The van der Waals surface area contributed by atoms with Gasteiger partial charge in [0, 0.05) is 18.4 Å². The predicted molar refractivity (Wildman–Crippen MR) is 115 cm³/mol. The maximum absolute atomic E-state index is 10.0. The first-order valence-corrected chi connectivity index (χ1v) is 9.87. The van der Waals surface area contributed by atoms with Gasteiger partial charge in [0.05, 0.1) is 0 Å². The zero-order chi connectivity index (χ0) is 20.8. The van der Waals surface area contributed by atoms with E-state index in [1.807, 2.05) is 16.7 Å². The minimum Gasteiger partial charge on any atom is -0.508 e. The number of imidazole rings is 1. The fourth-order valence-electron chi connectivity index (χ4n) is 3.16. The Kier molecular flexibility index (Phi) is 6.22. The van der Waals surface area contributed by atoms with Gasteiger partial charge < -0.3 is 20.3 Å². The molecule has 0 bridgehead atoms. The molecule has 7 heteroatoms. The summed E-state index contributed by atoms with van der Waals surface area (Å²) < 4.78 is 7.48. The molecule has 4 rings (SSSR count). The smallest absolute Gasteiger partial charge is 0.164 e. The van der Waals surface area contributed by atoms with Gasteiger partial charge in [0.15, 0.2) is 5.65 Å². The quantitative estimate of drug-likeness (QED) is 0.372. The van der Waals surface area contributed by atoms with E-state index in [2.05, 4.69) is 39.6 Å². The number of benzene rings is 2. The van der Waals surface area contributed by atoms with Crippen LogP contribution in [0.1, 0.15) is 5.56 Å². The van der Waals surface area contributed by atoms with E-state index in [1.54, 1.807) is 36.8 Å². The highest BCUT2D eigenvalue weighted by Gasteiger charge is 2.07. The zero-order valence-corrected chi connectivity index (χ0v) is 16.5. The Morgan fingerprint density at radius 3 is 2.60 bits per heavy atom. The summed E-state index contributed by atoms with van der Waals surface area (Å²) in [5.41, 5.74) is 3.95. The molecule has 0 saturated heterocycles. The fourth-order valence-corrected chi connectivity index (χ4v) is 3.16. The predicted octanol–water partition coefficient (Wildman–Crippen LogP) is 2.70. The van der Waals surface area contributed by atoms with Gasteiger partial charge >= 0.3 is 0 Å². The number of aliphatic hydroxyl groups is 1. The number of phenolic OH excluding ortho intramolecular Hbond substituents is 1. The molecule has 4 aromatic rings. The summed E-state index contributed by atoms with van der Waals surface area (Å²) in [6.45, 7) is 1.40. The summed E-state index contributed by atoms with van der Waals surface area (Å²) in [5.74, 6) is 0.806. The molecule has 0 radical (unpaired) electrons. The van der Waals surface area contributed by atoms with Gasteiger partial charge in [-0.15, -0.1) is 0 Å². The molecular formula is C23H24N4O3. The van der Waals surface area contributed by atoms with Crippen LogP contribution in [0.15, 0.2) is 73.2 Å². The Hall–Kier alpha value is -3.42. The van der Waals surface area contributed by atoms with Crippen molar-refractivity contribution >= 4 is 11.2 Å². The zero-order valence-electron chi connectivity index (χ0n) is 16.5. The molecule has 2 heterocycles. The van der Waals surface area contributed by atoms with Crippen molar-refractivity contribution in [3.8, 4) is 17.2 Å². The van der Waals surface area contributed by atoms with Crippen molar-refractivity contribution in [2.24, 2.45) is 0 Å². The minimum atomic E-state index is -0.608. The second kappa shape index (κ2) is 9.39. The Bertz CT molecular complexity index is 1080. The number of aromatic hydroxyl groups is 1. The third-order valence-corrected chi connectivity index (χ3v) is 4.77. The monoisotopic (exact) mass is 404 g/mol. The fraction of sp³-hybridized carbons (Fsp3) is 0.217. The maximum atomic E-state index is 10.0. The normalized spacial score (nSPS) is 12.2. The van der Waals surface area contributed by atoms with Crippen LogP contribution in [-0.2, 0) is 6.42 Å². The summed E-state index contributed by atoms with van der Waals surface area (Å²) in [6.07, 6.45) is 3.80. The molecule has 1 atom stereocenters. The lowest BCUT2D eigenvalue weighted by Gasteiger charge is -2.13. The minimum absolute atomic E-state index is 0.188. The lowest BCUT2D eigenvalue weighted by Crippen LogP contribution is -2.32. The van der Waals surface area contributed by atoms with Gasteiger partial charge in [0.2, 0.25) is 0 Å². The lowest BCUT2D eigenvalue weighted by molar-refractivity contribution is 0.106. The molecule has 0 aliphatic rings. The van der Waals surface area contributed by atoms with Gasteiger partial charge in [0.25, 0.3) is 0 Å². The molecule has 0 amide bonds. The Morgan fingerprint density at radius 1 is 1.00 bits per heavy atom. The van der Waals surface area contributed by atoms with Crippen molar-refractivity contribution < 1.29 is 14.9 Å². The molecule has 30 heavy (non-hydrogen) atoms. The molecule has 3 N–H and O–H groups in total. The van der Waals surface area contributed by atoms with Gasteiger partial charge in [-0.1, -0.05) is 12.1 Å². The SMILES string of the molecule is Oc1ccc(OC[C@@H](O)CNCCc2ccc(-n3cnc4cccnc43)cc2)cc1. The van der Waals surface area contributed by atoms with E-state index in [4.69, 9.17) is 4.74 Å². The first-order valence-electron chi connectivity index (χ1n) is 9.87. The molecule has 0 fully saturated rings. The van der Waals surface area contributed by atoms with Gasteiger partial charge in [-0.3, -0.25) is 4.57 Å². The Morgan fingerprint density at radius 2 is 1.80 bits per heavy atom. The largest absolute Gasteiger partial charge is 0.508 e. The van der Waals surface area contributed by atoms with Gasteiger partial charge in [-0.05, 0) is 67.1 Å². The number of nitrogens with zero attached hydrogens (tertiary/aromatic N) is 3. The highest BCUT2D eigenvalue weighted by Crippen LogP contribution is 2.17. The molecule has 0 spiro atoms. The summed E-state index contributed by atoms with van der Waals surface area (Å²) >= 11 is 0. The molecule has 7 nitrogen and oxygen atoms in total. The van der Waals surface area contributed by atoms with Crippen LogP contribution in [0.2, 0.25) is 0 Å².